The predicted molar refractivity (Wildman–Crippen MR) is 150 cm³/mol. The number of alkyl halides is 6. The molecule has 4 rings (SSSR count). The molecule has 0 unspecified atom stereocenters. The Morgan fingerprint density at radius 1 is 0.816 bits per heavy atom. The molecule has 0 saturated carbocycles. The first-order valence-electron chi connectivity index (χ1n) is 11.5. The van der Waals surface area contributed by atoms with Crippen molar-refractivity contribution in [1.29, 1.82) is 0 Å². The molecule has 1 heterocycles. The SMILES string of the molecule is C[SiH](C)[Cr]([CH3])([CH3])([CH3])([C]1=CC=CC1)([c]1cc(C(F)(F)F)cc(C(F)(F)F)c1)[c]1cccc2cccnc12.Cl.Cl. The summed E-state index contributed by atoms with van der Waals surface area (Å²) in [5.74, 6) is 6.05. The summed E-state index contributed by atoms with van der Waals surface area (Å²) in [7, 11) is -7.95. The molecule has 11 heteroatoms. The number of rotatable bonds is 4. The van der Waals surface area contributed by atoms with E-state index in [0.717, 1.165) is 26.4 Å². The minimum absolute atomic E-state index is 0. The molecule has 2 aromatic carbocycles. The number of nitrogens with zero attached hydrogens (tertiary/aromatic N) is 1. The van der Waals surface area contributed by atoms with Crippen LogP contribution in [0.4, 0.5) is 26.3 Å². The molecular formula is C27H32Cl2CrF6NSi. The van der Waals surface area contributed by atoms with Gasteiger partial charge >= 0.3 is 205 Å². The number of aromatic nitrogens is 1. The van der Waals surface area contributed by atoms with Crippen molar-refractivity contribution in [1.82, 2.24) is 4.98 Å². The van der Waals surface area contributed by atoms with Crippen LogP contribution in [-0.4, -0.2) is 12.3 Å². The molecule has 1 aliphatic rings. The predicted octanol–water partition coefficient (Wildman–Crippen LogP) is 8.80. The van der Waals surface area contributed by atoms with E-state index in [4.69, 9.17) is 0 Å². The first-order chi connectivity index (χ1) is 16.3. The Bertz CT molecular complexity index is 1460. The summed E-state index contributed by atoms with van der Waals surface area (Å²) in [5, 5.41) is 0.797. The molecule has 0 spiro atoms. The Labute approximate surface area is 229 Å². The summed E-state index contributed by atoms with van der Waals surface area (Å²) in [5.41, 5.74) is -1.95. The van der Waals surface area contributed by atoms with Crippen LogP contribution in [0.2, 0.25) is 30.5 Å². The second-order valence-corrected chi connectivity index (χ2v) is 43.1. The van der Waals surface area contributed by atoms with E-state index in [0.29, 0.717) is 11.9 Å². The van der Waals surface area contributed by atoms with Crippen molar-refractivity contribution in [3.63, 3.8) is 0 Å². The van der Waals surface area contributed by atoms with Crippen molar-refractivity contribution in [3.8, 4) is 0 Å². The second kappa shape index (κ2) is 8.62. The minimum atomic E-state index is -5.70. The molecule has 0 radical (unpaired) electrons. The van der Waals surface area contributed by atoms with Crippen molar-refractivity contribution in [2.45, 2.75) is 49.2 Å². The van der Waals surface area contributed by atoms with E-state index in [1.807, 2.05) is 59.9 Å². The fourth-order valence-corrected chi connectivity index (χ4v) is 25.7. The molecule has 38 heavy (non-hydrogen) atoms. The van der Waals surface area contributed by atoms with Gasteiger partial charge in [0.05, 0.1) is 0 Å². The van der Waals surface area contributed by atoms with Crippen LogP contribution >= 0.6 is 24.8 Å². The van der Waals surface area contributed by atoms with Gasteiger partial charge in [-0.15, -0.1) is 24.8 Å². The van der Waals surface area contributed by atoms with Gasteiger partial charge in [0, 0.05) is 0 Å². The zero-order chi connectivity index (χ0) is 26.9. The van der Waals surface area contributed by atoms with E-state index in [1.165, 1.54) is 0 Å². The van der Waals surface area contributed by atoms with Crippen LogP contribution in [-0.2, 0) is 21.6 Å². The number of para-hydroxylation sites is 1. The van der Waals surface area contributed by atoms with E-state index in [9.17, 15) is 26.3 Å². The number of pyridine rings is 1. The van der Waals surface area contributed by atoms with Gasteiger partial charge in [0.25, 0.3) is 0 Å². The molecule has 3 aromatic rings. The van der Waals surface area contributed by atoms with Crippen LogP contribution in [0.3, 0.4) is 0 Å². The number of hydrogen-bond acceptors (Lipinski definition) is 1. The van der Waals surface area contributed by atoms with E-state index in [2.05, 4.69) is 18.1 Å². The van der Waals surface area contributed by atoms with Crippen LogP contribution in [0.25, 0.3) is 10.9 Å². The Balaban J connectivity index is 0.00000253. The molecular weight excluding hydrogens is 603 g/mol. The molecule has 0 N–H and O–H groups in total. The number of fused-ring (bicyclic) bond motifs is 1. The number of hydrogen-bond donors (Lipinski definition) is 0. The monoisotopic (exact) mass is 634 g/mol. The van der Waals surface area contributed by atoms with E-state index < -0.39 is 40.1 Å². The Hall–Kier alpha value is -1.76. The molecule has 211 valence electrons. The Morgan fingerprint density at radius 2 is 1.37 bits per heavy atom. The van der Waals surface area contributed by atoms with Gasteiger partial charge in [-0.2, -0.15) is 0 Å². The third-order valence-electron chi connectivity index (χ3n) is 9.30. The summed E-state index contributed by atoms with van der Waals surface area (Å²) in [4.78, 5) is 4.67. The maximum absolute atomic E-state index is 14.2. The smallest absolute Gasteiger partial charge is 0.147 e. The topological polar surface area (TPSA) is 12.9 Å². The maximum Gasteiger partial charge on any atom is -0.147 e. The van der Waals surface area contributed by atoms with Gasteiger partial charge in [-0.05, 0) is 0 Å². The van der Waals surface area contributed by atoms with Gasteiger partial charge in [-0.3, -0.25) is 0 Å². The number of benzene rings is 2. The molecule has 1 aliphatic carbocycles. The quantitative estimate of drug-likeness (QED) is 0.206. The summed E-state index contributed by atoms with van der Waals surface area (Å²) >= 11 is 0. The summed E-state index contributed by atoms with van der Waals surface area (Å²) < 4.78 is 86.7. The van der Waals surface area contributed by atoms with Crippen LogP contribution in [0, 0.1) is 0 Å². The van der Waals surface area contributed by atoms with Crippen LogP contribution in [0.15, 0.2) is 77.4 Å². The molecule has 1 nitrogen and oxygen atoms in total. The zero-order valence-corrected chi connectivity index (χ0v) is 25.7. The van der Waals surface area contributed by atoms with Gasteiger partial charge in [0.2, 0.25) is 0 Å². The van der Waals surface area contributed by atoms with Crippen molar-refractivity contribution >= 4 is 51.9 Å². The fourth-order valence-electron chi connectivity index (χ4n) is 5.66. The summed E-state index contributed by atoms with van der Waals surface area (Å²) in [6.07, 6.45) is -2.10. The standard InChI is InChI=1S/C9H6N.C8H3F6.C5H5.C2H7Si.3CH3.2ClH.Cr/c1-2-6-9-8(4-1)5-3-7-10-9;9-7(10,11)5-2-1-3-6(4-5)8(12,13)14;1-2-4-5-3-1;1-3-2;;;;;;/h1-5,7H;2-4H;1-3H,4H2;3H,1-2H3;3*1H3;2*1H;. The van der Waals surface area contributed by atoms with Crippen LogP contribution in [0.5, 0.6) is 0 Å². The van der Waals surface area contributed by atoms with Crippen molar-refractivity contribution < 1.29 is 35.6 Å². The van der Waals surface area contributed by atoms with Crippen molar-refractivity contribution in [2.75, 3.05) is 0 Å². The van der Waals surface area contributed by atoms with Gasteiger partial charge in [-0.1, -0.05) is 0 Å². The first kappa shape index (κ1) is 32.5. The molecule has 0 amide bonds. The Kier molecular flexibility index (Phi) is 7.36. The van der Waals surface area contributed by atoms with Crippen molar-refractivity contribution in [2.24, 2.45) is 0 Å². The average molecular weight is 636 g/mol. The third kappa shape index (κ3) is 3.92. The summed E-state index contributed by atoms with van der Waals surface area (Å²) in [6, 6.07) is 11.5. The number of allylic oxidation sites excluding steroid dienone is 4. The minimum Gasteiger partial charge on any atom is -0.147 e. The maximum atomic E-state index is 14.2. The molecule has 0 saturated heterocycles. The van der Waals surface area contributed by atoms with Gasteiger partial charge in [0.15, 0.2) is 0 Å². The van der Waals surface area contributed by atoms with Gasteiger partial charge < -0.3 is 0 Å². The summed E-state index contributed by atoms with van der Waals surface area (Å²) in [6.45, 7) is 4.10. The normalized spacial score (nSPS) is 17.1. The van der Waals surface area contributed by atoms with E-state index in [1.54, 1.807) is 12.3 Å². The zero-order valence-electron chi connectivity index (χ0n) is 21.7. The van der Waals surface area contributed by atoms with Gasteiger partial charge in [-0.25, -0.2) is 0 Å². The molecule has 0 fully saturated rings. The van der Waals surface area contributed by atoms with E-state index >= 15 is 0 Å². The number of halogens is 8. The van der Waals surface area contributed by atoms with Crippen LogP contribution < -0.4 is 8.85 Å². The molecule has 0 bridgehead atoms. The third-order valence-corrected chi connectivity index (χ3v) is 48.5. The Morgan fingerprint density at radius 3 is 1.84 bits per heavy atom. The average Bonchev–Trinajstić information content (AvgIpc) is 3.35. The fraction of sp³-hybridized carbons (Fsp3) is 0.296. The van der Waals surface area contributed by atoms with E-state index in [-0.39, 0.29) is 35.3 Å². The van der Waals surface area contributed by atoms with Crippen LogP contribution in [0.1, 0.15) is 17.5 Å². The largest absolute Gasteiger partial charge is 0.147 e. The second-order valence-electron chi connectivity index (χ2n) is 11.8. The molecule has 0 aliphatic heterocycles. The first-order valence-corrected chi connectivity index (χ1v) is 22.2. The molecule has 0 atom stereocenters. The van der Waals surface area contributed by atoms with Gasteiger partial charge in [0.1, 0.15) is 0 Å². The van der Waals surface area contributed by atoms with Crippen molar-refractivity contribution in [3.05, 3.63) is 88.5 Å². The molecule has 1 aromatic heterocycles.